The number of thiol groups is 1. The van der Waals surface area contributed by atoms with Crippen molar-refractivity contribution in [1.29, 1.82) is 0 Å². The highest BCUT2D eigenvalue weighted by molar-refractivity contribution is 7.81. The van der Waals surface area contributed by atoms with E-state index in [9.17, 15) is 4.79 Å². The third-order valence-electron chi connectivity index (χ3n) is 2.92. The van der Waals surface area contributed by atoms with Crippen molar-refractivity contribution in [3.05, 3.63) is 0 Å². The molecule has 1 heterocycles. The lowest BCUT2D eigenvalue weighted by atomic mass is 10.1. The molecule has 0 saturated carbocycles. The van der Waals surface area contributed by atoms with Crippen molar-refractivity contribution in [3.8, 4) is 0 Å². The molecule has 0 radical (unpaired) electrons. The molecule has 1 saturated heterocycles. The van der Waals surface area contributed by atoms with Gasteiger partial charge in [-0.1, -0.05) is 13.8 Å². The summed E-state index contributed by atoms with van der Waals surface area (Å²) >= 11 is 4.38. The van der Waals surface area contributed by atoms with Crippen molar-refractivity contribution < 1.29 is 4.79 Å². The first-order chi connectivity index (χ1) is 7.02. The number of hydrogen-bond acceptors (Lipinski definition) is 3. The molecule has 1 aliphatic heterocycles. The fourth-order valence-corrected chi connectivity index (χ4v) is 1.90. The summed E-state index contributed by atoms with van der Waals surface area (Å²) in [6.45, 7) is 7.87. The molecular weight excluding hydrogens is 208 g/mol. The lowest BCUT2D eigenvalue weighted by Gasteiger charge is -2.25. The molecular formula is C11H22N2OS. The fraction of sp³-hybridized carbons (Fsp3) is 0.909. The molecule has 1 fully saturated rings. The van der Waals surface area contributed by atoms with Crippen LogP contribution in [0.5, 0.6) is 0 Å². The van der Waals surface area contributed by atoms with Gasteiger partial charge >= 0.3 is 0 Å². The Morgan fingerprint density at radius 1 is 1.20 bits per heavy atom. The van der Waals surface area contributed by atoms with Crippen LogP contribution in [0.1, 0.15) is 20.3 Å². The molecule has 1 rings (SSSR count). The third-order valence-corrected chi connectivity index (χ3v) is 3.73. The van der Waals surface area contributed by atoms with Gasteiger partial charge in [0.15, 0.2) is 0 Å². The van der Waals surface area contributed by atoms with Gasteiger partial charge in [0, 0.05) is 19.6 Å². The van der Waals surface area contributed by atoms with Crippen LogP contribution >= 0.6 is 12.6 Å². The van der Waals surface area contributed by atoms with E-state index in [2.05, 4.69) is 24.6 Å². The van der Waals surface area contributed by atoms with E-state index in [1.807, 2.05) is 18.7 Å². The summed E-state index contributed by atoms with van der Waals surface area (Å²) in [4.78, 5) is 16.3. The fourth-order valence-electron chi connectivity index (χ4n) is 1.74. The number of nitrogens with zero attached hydrogens (tertiary/aromatic N) is 2. The molecule has 1 atom stereocenters. The van der Waals surface area contributed by atoms with Gasteiger partial charge in [-0.3, -0.25) is 4.79 Å². The van der Waals surface area contributed by atoms with Crippen LogP contribution in [0.3, 0.4) is 0 Å². The first-order valence-corrected chi connectivity index (χ1v) is 6.19. The summed E-state index contributed by atoms with van der Waals surface area (Å²) in [6.07, 6.45) is 1.07. The Hall–Kier alpha value is -0.220. The molecule has 0 aromatic carbocycles. The van der Waals surface area contributed by atoms with Gasteiger partial charge in [0.05, 0.1) is 5.25 Å². The molecule has 1 unspecified atom stereocenters. The Kier molecular flexibility index (Phi) is 4.93. The summed E-state index contributed by atoms with van der Waals surface area (Å²) in [5.74, 6) is 0.505. The van der Waals surface area contributed by atoms with Gasteiger partial charge in [-0.05, 0) is 25.9 Å². The van der Waals surface area contributed by atoms with Gasteiger partial charge in [0.2, 0.25) is 5.91 Å². The second-order valence-corrected chi connectivity index (χ2v) is 5.23. The van der Waals surface area contributed by atoms with Crippen molar-refractivity contribution in [2.24, 2.45) is 5.92 Å². The molecule has 1 amide bonds. The number of rotatable bonds is 2. The van der Waals surface area contributed by atoms with Crippen molar-refractivity contribution in [2.45, 2.75) is 25.5 Å². The molecule has 4 heteroatoms. The molecule has 15 heavy (non-hydrogen) atoms. The van der Waals surface area contributed by atoms with Crippen LogP contribution in [-0.4, -0.2) is 54.2 Å². The normalized spacial score (nSPS) is 21.5. The average molecular weight is 230 g/mol. The summed E-state index contributed by atoms with van der Waals surface area (Å²) in [5.41, 5.74) is 0. The molecule has 0 spiro atoms. The maximum absolute atomic E-state index is 12.0. The largest absolute Gasteiger partial charge is 0.340 e. The van der Waals surface area contributed by atoms with Crippen molar-refractivity contribution >= 4 is 18.5 Å². The monoisotopic (exact) mass is 230 g/mol. The molecule has 0 N–H and O–H groups in total. The molecule has 0 aliphatic carbocycles. The lowest BCUT2D eigenvalue weighted by Crippen LogP contribution is -2.41. The van der Waals surface area contributed by atoms with Crippen LogP contribution in [0, 0.1) is 5.92 Å². The zero-order valence-corrected chi connectivity index (χ0v) is 10.8. The highest BCUT2D eigenvalue weighted by Crippen LogP contribution is 2.13. The van der Waals surface area contributed by atoms with Crippen molar-refractivity contribution in [3.63, 3.8) is 0 Å². The second kappa shape index (κ2) is 5.75. The predicted molar refractivity (Wildman–Crippen MR) is 66.3 cm³/mol. The summed E-state index contributed by atoms with van der Waals surface area (Å²) in [7, 11) is 2.11. The Morgan fingerprint density at radius 2 is 1.87 bits per heavy atom. The number of carbonyl (C=O) groups excluding carboxylic acids is 1. The topological polar surface area (TPSA) is 23.6 Å². The average Bonchev–Trinajstić information content (AvgIpc) is 2.40. The van der Waals surface area contributed by atoms with E-state index in [1.165, 1.54) is 0 Å². The molecule has 1 aliphatic rings. The Bertz CT molecular complexity index is 221. The third kappa shape index (κ3) is 3.68. The summed E-state index contributed by atoms with van der Waals surface area (Å²) < 4.78 is 0. The van der Waals surface area contributed by atoms with Gasteiger partial charge in [0.1, 0.15) is 0 Å². The summed E-state index contributed by atoms with van der Waals surface area (Å²) in [6, 6.07) is 0. The van der Waals surface area contributed by atoms with E-state index in [-0.39, 0.29) is 11.2 Å². The number of likely N-dealkylation sites (N-methyl/N-ethyl adjacent to an activating group) is 1. The number of hydrogen-bond donors (Lipinski definition) is 1. The minimum atomic E-state index is -0.145. The van der Waals surface area contributed by atoms with Gasteiger partial charge in [0.25, 0.3) is 0 Å². The lowest BCUT2D eigenvalue weighted by molar-refractivity contribution is -0.131. The van der Waals surface area contributed by atoms with Gasteiger partial charge in [-0.2, -0.15) is 12.6 Å². The standard InChI is InChI=1S/C11H22N2OS/c1-9(2)10(15)11(14)13-6-4-5-12(3)7-8-13/h9-10,15H,4-8H2,1-3H3. The molecule has 0 aromatic rings. The van der Waals surface area contributed by atoms with Crippen molar-refractivity contribution in [2.75, 3.05) is 33.2 Å². The van der Waals surface area contributed by atoms with E-state index >= 15 is 0 Å². The first kappa shape index (κ1) is 12.8. The van der Waals surface area contributed by atoms with E-state index in [1.54, 1.807) is 0 Å². The van der Waals surface area contributed by atoms with Gasteiger partial charge in [-0.15, -0.1) is 0 Å². The number of amides is 1. The zero-order chi connectivity index (χ0) is 11.4. The predicted octanol–water partition coefficient (Wildman–Crippen LogP) is 1.10. The molecule has 3 nitrogen and oxygen atoms in total. The quantitative estimate of drug-likeness (QED) is 0.718. The Morgan fingerprint density at radius 3 is 2.47 bits per heavy atom. The highest BCUT2D eigenvalue weighted by Gasteiger charge is 2.24. The molecule has 0 bridgehead atoms. The van der Waals surface area contributed by atoms with Gasteiger partial charge < -0.3 is 9.80 Å². The highest BCUT2D eigenvalue weighted by atomic mass is 32.1. The molecule has 88 valence electrons. The Labute approximate surface area is 98.2 Å². The Balaban J connectivity index is 2.52. The summed E-state index contributed by atoms with van der Waals surface area (Å²) in [5, 5.41) is -0.145. The molecule has 0 aromatic heterocycles. The maximum atomic E-state index is 12.0. The maximum Gasteiger partial charge on any atom is 0.235 e. The minimum Gasteiger partial charge on any atom is -0.340 e. The van der Waals surface area contributed by atoms with Crippen LogP contribution in [-0.2, 0) is 4.79 Å². The van der Waals surface area contributed by atoms with Crippen LogP contribution in [0.4, 0.5) is 0 Å². The van der Waals surface area contributed by atoms with E-state index in [4.69, 9.17) is 0 Å². The smallest absolute Gasteiger partial charge is 0.235 e. The van der Waals surface area contributed by atoms with E-state index in [0.29, 0.717) is 5.92 Å². The van der Waals surface area contributed by atoms with Crippen LogP contribution in [0.2, 0.25) is 0 Å². The van der Waals surface area contributed by atoms with Crippen molar-refractivity contribution in [1.82, 2.24) is 9.80 Å². The van der Waals surface area contributed by atoms with Crippen LogP contribution in [0.15, 0.2) is 0 Å². The van der Waals surface area contributed by atoms with E-state index in [0.717, 1.165) is 32.6 Å². The number of carbonyl (C=O) groups is 1. The van der Waals surface area contributed by atoms with Crippen LogP contribution < -0.4 is 0 Å². The van der Waals surface area contributed by atoms with E-state index < -0.39 is 0 Å². The minimum absolute atomic E-state index is 0.145. The van der Waals surface area contributed by atoms with Crippen LogP contribution in [0.25, 0.3) is 0 Å². The zero-order valence-electron chi connectivity index (χ0n) is 9.94. The second-order valence-electron chi connectivity index (χ2n) is 4.67. The first-order valence-electron chi connectivity index (χ1n) is 5.67. The SMILES string of the molecule is CC(C)C(S)C(=O)N1CCCN(C)CC1. The van der Waals surface area contributed by atoms with Gasteiger partial charge in [-0.25, -0.2) is 0 Å².